The van der Waals surface area contributed by atoms with Gasteiger partial charge >= 0.3 is 0 Å². The molecule has 0 aliphatic heterocycles. The molecule has 0 saturated heterocycles. The summed E-state index contributed by atoms with van der Waals surface area (Å²) in [7, 11) is 1.65. The van der Waals surface area contributed by atoms with Gasteiger partial charge in [0.15, 0.2) is 0 Å². The van der Waals surface area contributed by atoms with E-state index in [-0.39, 0.29) is 17.6 Å². The van der Waals surface area contributed by atoms with Crippen LogP contribution in [0.25, 0.3) is 16.7 Å². The van der Waals surface area contributed by atoms with E-state index in [1.165, 1.54) is 11.8 Å². The normalized spacial score (nSPS) is 12.2. The summed E-state index contributed by atoms with van der Waals surface area (Å²) >= 11 is 1.29. The molecule has 33 heavy (non-hydrogen) atoms. The third kappa shape index (κ3) is 4.54. The summed E-state index contributed by atoms with van der Waals surface area (Å²) in [5.74, 6) is 1.44. The highest BCUT2D eigenvalue weighted by Crippen LogP contribution is 2.31. The van der Waals surface area contributed by atoms with Crippen molar-refractivity contribution in [2.45, 2.75) is 11.1 Å². The van der Waals surface area contributed by atoms with Crippen LogP contribution in [0.5, 0.6) is 5.75 Å². The van der Waals surface area contributed by atoms with Gasteiger partial charge in [-0.2, -0.15) is 4.98 Å². The Balaban J connectivity index is 1.31. The maximum Gasteiger partial charge on any atom is 0.253 e. The molecule has 0 spiro atoms. The van der Waals surface area contributed by atoms with Gasteiger partial charge in [0.2, 0.25) is 11.1 Å². The van der Waals surface area contributed by atoms with Crippen LogP contribution in [0, 0.1) is 0 Å². The zero-order valence-corrected chi connectivity index (χ0v) is 18.7. The lowest BCUT2D eigenvalue weighted by Gasteiger charge is -2.18. The molecule has 0 aliphatic rings. The van der Waals surface area contributed by atoms with Crippen LogP contribution < -0.4 is 10.1 Å². The fourth-order valence-corrected chi connectivity index (χ4v) is 4.45. The molecule has 1 atom stereocenters. The minimum Gasteiger partial charge on any atom is -0.497 e. The molecule has 0 saturated carbocycles. The van der Waals surface area contributed by atoms with Gasteiger partial charge in [-0.3, -0.25) is 4.79 Å². The van der Waals surface area contributed by atoms with Crippen molar-refractivity contribution in [1.29, 1.82) is 0 Å². The van der Waals surface area contributed by atoms with E-state index in [0.717, 1.165) is 27.8 Å². The second-order valence-corrected chi connectivity index (χ2v) is 8.41. The van der Waals surface area contributed by atoms with Gasteiger partial charge in [0.25, 0.3) is 5.78 Å². The molecule has 3 aromatic heterocycles. The number of fused-ring (bicyclic) bond motifs is 2. The van der Waals surface area contributed by atoms with E-state index in [2.05, 4.69) is 37.5 Å². The quantitative estimate of drug-likeness (QED) is 0.345. The Bertz CT molecular complexity index is 1360. The molecule has 3 heterocycles. The number of hydrogen-bond acceptors (Lipinski definition) is 6. The first-order valence-electron chi connectivity index (χ1n) is 10.5. The van der Waals surface area contributed by atoms with Crippen LogP contribution >= 0.6 is 11.8 Å². The maximum absolute atomic E-state index is 12.7. The van der Waals surface area contributed by atoms with Crippen LogP contribution in [0.3, 0.4) is 0 Å². The van der Waals surface area contributed by atoms with Crippen molar-refractivity contribution in [3.05, 3.63) is 84.3 Å². The van der Waals surface area contributed by atoms with Crippen LogP contribution in [0.1, 0.15) is 17.0 Å². The number of H-pyrrole nitrogens is 1. The number of aromatic amines is 1. The van der Waals surface area contributed by atoms with Crippen LogP contribution in [-0.4, -0.2) is 49.9 Å². The van der Waals surface area contributed by atoms with E-state index in [4.69, 9.17) is 4.74 Å². The molecule has 5 rings (SSSR count). The van der Waals surface area contributed by atoms with E-state index in [9.17, 15) is 4.79 Å². The number of para-hydroxylation sites is 1. The Morgan fingerprint density at radius 3 is 2.85 bits per heavy atom. The summed E-state index contributed by atoms with van der Waals surface area (Å²) < 4.78 is 6.90. The molecular weight excluding hydrogens is 436 g/mol. The van der Waals surface area contributed by atoms with Gasteiger partial charge in [0.1, 0.15) is 5.75 Å². The number of benzene rings is 2. The number of hydrogen-bond donors (Lipinski definition) is 2. The molecule has 166 valence electrons. The van der Waals surface area contributed by atoms with Crippen LogP contribution in [0.4, 0.5) is 0 Å². The smallest absolute Gasteiger partial charge is 0.253 e. The number of ether oxygens (including phenoxy) is 1. The van der Waals surface area contributed by atoms with E-state index in [1.54, 1.807) is 30.1 Å². The number of amides is 1. The van der Waals surface area contributed by atoms with Crippen molar-refractivity contribution >= 4 is 34.3 Å². The molecule has 1 amide bonds. The predicted octanol–water partition coefficient (Wildman–Crippen LogP) is 3.65. The lowest BCUT2D eigenvalue weighted by atomic mass is 9.91. The number of methoxy groups -OCH3 is 1. The number of carbonyl (C=O) groups is 1. The van der Waals surface area contributed by atoms with Gasteiger partial charge in [-0.1, -0.05) is 42.1 Å². The molecule has 0 fully saturated rings. The minimum absolute atomic E-state index is 0.0153. The molecule has 0 aliphatic carbocycles. The molecule has 0 bridgehead atoms. The van der Waals surface area contributed by atoms with Crippen LogP contribution in [0.2, 0.25) is 0 Å². The molecule has 0 radical (unpaired) electrons. The van der Waals surface area contributed by atoms with E-state index < -0.39 is 0 Å². The van der Waals surface area contributed by atoms with Gasteiger partial charge in [0, 0.05) is 42.0 Å². The second kappa shape index (κ2) is 9.33. The molecule has 8 nitrogen and oxygen atoms in total. The number of nitrogens with one attached hydrogen (secondary N) is 2. The number of aromatic nitrogens is 5. The Kier molecular flexibility index (Phi) is 5.95. The Morgan fingerprint density at radius 1 is 1.18 bits per heavy atom. The topological polar surface area (TPSA) is 97.2 Å². The van der Waals surface area contributed by atoms with Gasteiger partial charge in [0.05, 0.1) is 12.9 Å². The summed E-state index contributed by atoms with van der Waals surface area (Å²) in [6.07, 6.45) is 5.46. The first-order valence-corrected chi connectivity index (χ1v) is 11.5. The zero-order chi connectivity index (χ0) is 22.6. The highest BCUT2D eigenvalue weighted by molar-refractivity contribution is 7.99. The molecule has 5 aromatic rings. The van der Waals surface area contributed by atoms with Crippen molar-refractivity contribution in [2.75, 3.05) is 19.4 Å². The fraction of sp³-hybridized carbons (Fsp3) is 0.167. The summed E-state index contributed by atoms with van der Waals surface area (Å²) in [6, 6.07) is 17.9. The van der Waals surface area contributed by atoms with Crippen molar-refractivity contribution in [2.24, 2.45) is 0 Å². The summed E-state index contributed by atoms with van der Waals surface area (Å²) in [6.45, 7) is 0.466. The summed E-state index contributed by atoms with van der Waals surface area (Å²) in [4.78, 5) is 24.5. The molecule has 0 unspecified atom stereocenters. The van der Waals surface area contributed by atoms with Crippen LogP contribution in [0.15, 0.2) is 78.3 Å². The molecular formula is C24H22N6O2S. The van der Waals surface area contributed by atoms with Crippen molar-refractivity contribution in [3.63, 3.8) is 0 Å². The average molecular weight is 459 g/mol. The number of carbonyl (C=O) groups excluding carboxylic acids is 1. The number of rotatable bonds is 8. The van der Waals surface area contributed by atoms with Gasteiger partial charge in [-0.25, -0.2) is 9.50 Å². The van der Waals surface area contributed by atoms with E-state index in [0.29, 0.717) is 17.5 Å². The van der Waals surface area contributed by atoms with E-state index >= 15 is 0 Å². The Labute approximate surface area is 194 Å². The average Bonchev–Trinajstić information content (AvgIpc) is 3.47. The minimum atomic E-state index is -0.0785. The molecule has 9 heteroatoms. The summed E-state index contributed by atoms with van der Waals surface area (Å²) in [5.41, 5.74) is 3.30. The highest BCUT2D eigenvalue weighted by atomic mass is 32.2. The van der Waals surface area contributed by atoms with Crippen molar-refractivity contribution in [3.8, 4) is 5.75 Å². The monoisotopic (exact) mass is 458 g/mol. The number of thioether (sulfide) groups is 1. The fourth-order valence-electron chi connectivity index (χ4n) is 3.80. The van der Waals surface area contributed by atoms with Crippen LogP contribution in [-0.2, 0) is 4.79 Å². The van der Waals surface area contributed by atoms with Crippen molar-refractivity contribution in [1.82, 2.24) is 29.9 Å². The zero-order valence-electron chi connectivity index (χ0n) is 17.9. The van der Waals surface area contributed by atoms with Gasteiger partial charge in [-0.15, -0.1) is 5.10 Å². The largest absolute Gasteiger partial charge is 0.497 e. The van der Waals surface area contributed by atoms with Crippen molar-refractivity contribution < 1.29 is 9.53 Å². The number of nitrogens with zero attached hydrogens (tertiary/aromatic N) is 4. The summed E-state index contributed by atoms with van der Waals surface area (Å²) in [5, 5.41) is 9.08. The third-order valence-electron chi connectivity index (χ3n) is 5.45. The lowest BCUT2D eigenvalue weighted by Crippen LogP contribution is -2.30. The van der Waals surface area contributed by atoms with Gasteiger partial charge < -0.3 is 15.0 Å². The first kappa shape index (κ1) is 21.0. The van der Waals surface area contributed by atoms with E-state index in [1.807, 2.05) is 42.6 Å². The Morgan fingerprint density at radius 2 is 2.03 bits per heavy atom. The van der Waals surface area contributed by atoms with Gasteiger partial charge in [-0.05, 0) is 35.4 Å². The Hall–Kier alpha value is -3.85. The lowest BCUT2D eigenvalue weighted by molar-refractivity contribution is -0.118. The first-order chi connectivity index (χ1) is 16.2. The maximum atomic E-state index is 12.7. The highest BCUT2D eigenvalue weighted by Gasteiger charge is 2.19. The predicted molar refractivity (Wildman–Crippen MR) is 128 cm³/mol. The third-order valence-corrected chi connectivity index (χ3v) is 6.29. The standard InChI is InChI=1S/C24H22N6O2S/c1-32-17-9-7-16(8-10-17)19(20-14-26-21-6-3-2-5-18(20)21)13-27-22(31)15-33-24-28-23-25-11-4-12-30(23)29-24/h2-12,14,19,26H,13,15H2,1H3,(H,27,31)/t19-/m1/s1. The SMILES string of the molecule is COc1ccc([C@@H](CNC(=O)CSc2nc3ncccn3n2)c2c[nH]c3ccccc23)cc1. The second-order valence-electron chi connectivity index (χ2n) is 7.47. The molecule has 2 aromatic carbocycles. The molecule has 2 N–H and O–H groups in total.